The maximum atomic E-state index is 12.6. The zero-order valence-electron chi connectivity index (χ0n) is 17.5. The molecule has 0 saturated heterocycles. The second kappa shape index (κ2) is 10.3. The number of carbonyl (C=O) groups is 2. The number of hydrogen-bond donors (Lipinski definition) is 3. The van der Waals surface area contributed by atoms with E-state index in [-0.39, 0.29) is 16.8 Å². The first kappa shape index (κ1) is 23.5. The molecule has 2 aromatic rings. The van der Waals surface area contributed by atoms with E-state index in [0.29, 0.717) is 12.2 Å². The normalized spacial score (nSPS) is 13.5. The topological polar surface area (TPSA) is 108 Å². The molecular weight excluding hydrogens is 404 g/mol. The van der Waals surface area contributed by atoms with Crippen LogP contribution < -0.4 is 15.4 Å². The van der Waals surface area contributed by atoms with Crippen molar-refractivity contribution >= 4 is 27.5 Å². The highest BCUT2D eigenvalue weighted by Gasteiger charge is 2.23. The number of hydrogen-bond acceptors (Lipinski definition) is 5. The quantitative estimate of drug-likeness (QED) is 0.559. The molecule has 0 unspecified atom stereocenters. The highest BCUT2D eigenvalue weighted by Crippen LogP contribution is 2.17. The Bertz CT molecular complexity index is 960. The Kier molecular flexibility index (Phi) is 8.10. The minimum absolute atomic E-state index is 0.00621. The molecule has 0 aliphatic carbocycles. The van der Waals surface area contributed by atoms with Crippen molar-refractivity contribution in [2.45, 2.75) is 30.8 Å². The summed E-state index contributed by atoms with van der Waals surface area (Å²) >= 11 is 0. The van der Waals surface area contributed by atoms with Crippen LogP contribution in [0.15, 0.2) is 59.5 Å². The number of rotatable bonds is 9. The number of nitrogens with one attached hydrogen (secondary N) is 3. The van der Waals surface area contributed by atoms with Crippen LogP contribution in [0, 0.1) is 0 Å². The molecule has 0 aromatic heterocycles. The molecule has 2 rings (SSSR count). The molecule has 3 N–H and O–H groups in total. The highest BCUT2D eigenvalue weighted by molar-refractivity contribution is 7.89. The fourth-order valence-electron chi connectivity index (χ4n) is 2.90. The van der Waals surface area contributed by atoms with Crippen molar-refractivity contribution in [3.8, 4) is 0 Å². The zero-order chi connectivity index (χ0) is 22.3. The molecule has 0 radical (unpaired) electrons. The molecule has 0 bridgehead atoms. The van der Waals surface area contributed by atoms with Crippen molar-refractivity contribution in [2.75, 3.05) is 26.0 Å². The lowest BCUT2D eigenvalue weighted by molar-refractivity contribution is -0.122. The monoisotopic (exact) mass is 432 g/mol. The number of nitrogens with zero attached hydrogens (tertiary/aromatic N) is 1. The van der Waals surface area contributed by atoms with Crippen molar-refractivity contribution in [3.63, 3.8) is 0 Å². The predicted molar refractivity (Wildman–Crippen MR) is 116 cm³/mol. The molecule has 8 nitrogen and oxygen atoms in total. The summed E-state index contributed by atoms with van der Waals surface area (Å²) in [6, 6.07) is 14.5. The van der Waals surface area contributed by atoms with Crippen molar-refractivity contribution in [1.29, 1.82) is 0 Å². The minimum atomic E-state index is -3.89. The first-order valence-corrected chi connectivity index (χ1v) is 11.0. The number of sulfonamides is 1. The van der Waals surface area contributed by atoms with Crippen molar-refractivity contribution < 1.29 is 18.0 Å². The van der Waals surface area contributed by atoms with E-state index in [9.17, 15) is 18.0 Å². The van der Waals surface area contributed by atoms with E-state index in [1.807, 2.05) is 49.3 Å². The van der Waals surface area contributed by atoms with E-state index in [2.05, 4.69) is 15.4 Å². The van der Waals surface area contributed by atoms with Crippen LogP contribution in [-0.2, 0) is 19.6 Å². The van der Waals surface area contributed by atoms with E-state index in [1.54, 1.807) is 0 Å². The lowest BCUT2D eigenvalue weighted by Gasteiger charge is -2.26. The van der Waals surface area contributed by atoms with Gasteiger partial charge in [0.2, 0.25) is 21.8 Å². The van der Waals surface area contributed by atoms with E-state index in [1.165, 1.54) is 38.1 Å². The van der Waals surface area contributed by atoms with Crippen LogP contribution in [0.4, 0.5) is 5.69 Å². The van der Waals surface area contributed by atoms with Gasteiger partial charge in [-0.3, -0.25) is 9.59 Å². The van der Waals surface area contributed by atoms with Gasteiger partial charge in [0, 0.05) is 19.2 Å². The summed E-state index contributed by atoms with van der Waals surface area (Å²) in [5.41, 5.74) is 1.54. The first-order chi connectivity index (χ1) is 14.1. The number of anilines is 1. The van der Waals surface area contributed by atoms with Crippen LogP contribution >= 0.6 is 0 Å². The molecule has 30 heavy (non-hydrogen) atoms. The Hall–Kier alpha value is -2.75. The molecule has 2 atom stereocenters. The van der Waals surface area contributed by atoms with Gasteiger partial charge in [-0.25, -0.2) is 8.42 Å². The molecule has 0 aliphatic heterocycles. The van der Waals surface area contributed by atoms with Gasteiger partial charge in [0.05, 0.1) is 17.0 Å². The summed E-state index contributed by atoms with van der Waals surface area (Å²) in [6.45, 7) is 3.20. The van der Waals surface area contributed by atoms with Crippen LogP contribution in [-0.4, -0.2) is 51.8 Å². The van der Waals surface area contributed by atoms with Crippen LogP contribution in [0.3, 0.4) is 0 Å². The molecule has 0 saturated carbocycles. The zero-order valence-corrected chi connectivity index (χ0v) is 18.4. The standard InChI is InChI=1S/C21H28N4O4S/c1-15(21(27)22-14-20(25(3)4)17-8-6-5-7-9-17)24-30(28,29)19-12-10-18(11-13-19)23-16(2)26/h5-13,15,20,24H,14H2,1-4H3,(H,22,27)(H,23,26)/t15-,20-/m0/s1. The molecule has 2 aromatic carbocycles. The van der Waals surface area contributed by atoms with Crippen molar-refractivity contribution in [2.24, 2.45) is 0 Å². The van der Waals surface area contributed by atoms with Gasteiger partial charge >= 0.3 is 0 Å². The van der Waals surface area contributed by atoms with Gasteiger partial charge < -0.3 is 15.5 Å². The fraction of sp³-hybridized carbons (Fsp3) is 0.333. The van der Waals surface area contributed by atoms with E-state index in [0.717, 1.165) is 5.56 Å². The summed E-state index contributed by atoms with van der Waals surface area (Å²) in [5, 5.41) is 5.38. The molecule has 0 fully saturated rings. The van der Waals surface area contributed by atoms with Crippen LogP contribution in [0.5, 0.6) is 0 Å². The van der Waals surface area contributed by atoms with Crippen LogP contribution in [0.1, 0.15) is 25.5 Å². The SMILES string of the molecule is CC(=O)Nc1ccc(S(=O)(=O)N[C@@H](C)C(=O)NC[C@@H](c2ccccc2)N(C)C)cc1. The van der Waals surface area contributed by atoms with E-state index in [4.69, 9.17) is 0 Å². The van der Waals surface area contributed by atoms with Gasteiger partial charge in [-0.2, -0.15) is 4.72 Å². The summed E-state index contributed by atoms with van der Waals surface area (Å²) in [7, 11) is -0.0563. The Labute approximate surface area is 177 Å². The Morgan fingerprint density at radius 1 is 1.00 bits per heavy atom. The smallest absolute Gasteiger partial charge is 0.241 e. The fourth-order valence-corrected chi connectivity index (χ4v) is 4.10. The third kappa shape index (κ3) is 6.65. The van der Waals surface area contributed by atoms with E-state index >= 15 is 0 Å². The largest absolute Gasteiger partial charge is 0.353 e. The number of likely N-dealkylation sites (N-methyl/N-ethyl adjacent to an activating group) is 1. The Balaban J connectivity index is 1.99. The molecule has 2 amide bonds. The van der Waals surface area contributed by atoms with Gasteiger partial charge in [-0.15, -0.1) is 0 Å². The summed E-state index contributed by atoms with van der Waals surface area (Å²) in [4.78, 5) is 25.5. The number of carbonyl (C=O) groups excluding carboxylic acids is 2. The molecule has 0 aliphatic rings. The van der Waals surface area contributed by atoms with Crippen LogP contribution in [0.2, 0.25) is 0 Å². The lowest BCUT2D eigenvalue weighted by atomic mass is 10.1. The summed E-state index contributed by atoms with van der Waals surface area (Å²) in [5.74, 6) is -0.670. The molecule has 9 heteroatoms. The number of amides is 2. The maximum absolute atomic E-state index is 12.6. The predicted octanol–water partition coefficient (Wildman–Crippen LogP) is 1.73. The maximum Gasteiger partial charge on any atom is 0.241 e. The summed E-state index contributed by atoms with van der Waals surface area (Å²) in [6.07, 6.45) is 0. The lowest BCUT2D eigenvalue weighted by Crippen LogP contribution is -2.46. The van der Waals surface area contributed by atoms with Gasteiger partial charge in [0.25, 0.3) is 0 Å². The molecule has 0 heterocycles. The van der Waals surface area contributed by atoms with Crippen LogP contribution in [0.25, 0.3) is 0 Å². The molecule has 0 spiro atoms. The van der Waals surface area contributed by atoms with E-state index < -0.39 is 22.0 Å². The van der Waals surface area contributed by atoms with Gasteiger partial charge in [0.15, 0.2) is 0 Å². The van der Waals surface area contributed by atoms with Gasteiger partial charge in [-0.1, -0.05) is 30.3 Å². The first-order valence-electron chi connectivity index (χ1n) is 9.49. The highest BCUT2D eigenvalue weighted by atomic mass is 32.2. The summed E-state index contributed by atoms with van der Waals surface area (Å²) < 4.78 is 27.5. The third-order valence-electron chi connectivity index (χ3n) is 4.49. The third-order valence-corrected chi connectivity index (χ3v) is 6.04. The van der Waals surface area contributed by atoms with Crippen molar-refractivity contribution in [3.05, 3.63) is 60.2 Å². The second-order valence-electron chi connectivity index (χ2n) is 7.18. The molecule has 162 valence electrons. The average Bonchev–Trinajstić information content (AvgIpc) is 2.68. The minimum Gasteiger partial charge on any atom is -0.353 e. The van der Waals surface area contributed by atoms with Gasteiger partial charge in [-0.05, 0) is 50.8 Å². The second-order valence-corrected chi connectivity index (χ2v) is 8.90. The average molecular weight is 433 g/mol. The Morgan fingerprint density at radius 2 is 1.60 bits per heavy atom. The van der Waals surface area contributed by atoms with Gasteiger partial charge in [0.1, 0.15) is 0 Å². The van der Waals surface area contributed by atoms with Crippen molar-refractivity contribution in [1.82, 2.24) is 14.9 Å². The number of benzene rings is 2. The molecular formula is C21H28N4O4S. The Morgan fingerprint density at radius 3 is 2.13 bits per heavy atom.